The predicted octanol–water partition coefficient (Wildman–Crippen LogP) is 1.47. The van der Waals surface area contributed by atoms with Crippen molar-refractivity contribution in [3.8, 4) is 11.3 Å². The van der Waals surface area contributed by atoms with E-state index < -0.39 is 17.9 Å². The summed E-state index contributed by atoms with van der Waals surface area (Å²) in [7, 11) is 0. The van der Waals surface area contributed by atoms with E-state index in [1.54, 1.807) is 0 Å². The average molecular weight is 296 g/mol. The SMILES string of the molecule is NC(=O)c1cnc(-c2cnc(C(F)(F)F)nc2)c(C=O)c1. The van der Waals surface area contributed by atoms with Gasteiger partial charge in [-0.2, -0.15) is 13.2 Å². The first-order valence-corrected chi connectivity index (χ1v) is 5.47. The van der Waals surface area contributed by atoms with Crippen LogP contribution in [0, 0.1) is 0 Å². The predicted molar refractivity (Wildman–Crippen MR) is 64.2 cm³/mol. The van der Waals surface area contributed by atoms with Gasteiger partial charge in [-0.3, -0.25) is 14.6 Å². The minimum absolute atomic E-state index is 0.00495. The first-order valence-electron chi connectivity index (χ1n) is 5.47. The molecule has 0 atom stereocenters. The van der Waals surface area contributed by atoms with Gasteiger partial charge in [0.25, 0.3) is 0 Å². The van der Waals surface area contributed by atoms with Gasteiger partial charge < -0.3 is 5.73 Å². The lowest BCUT2D eigenvalue weighted by Crippen LogP contribution is -2.13. The van der Waals surface area contributed by atoms with Gasteiger partial charge in [-0.25, -0.2) is 9.97 Å². The number of nitrogens with zero attached hydrogens (tertiary/aromatic N) is 3. The maximum Gasteiger partial charge on any atom is 0.451 e. The van der Waals surface area contributed by atoms with Gasteiger partial charge in [0.1, 0.15) is 0 Å². The van der Waals surface area contributed by atoms with Crippen molar-refractivity contribution in [3.05, 3.63) is 41.6 Å². The molecule has 0 aliphatic heterocycles. The summed E-state index contributed by atoms with van der Waals surface area (Å²) in [6, 6.07) is 1.19. The second kappa shape index (κ2) is 5.27. The Kier molecular flexibility index (Phi) is 3.66. The van der Waals surface area contributed by atoms with Crippen molar-refractivity contribution in [2.75, 3.05) is 0 Å². The molecule has 108 valence electrons. The fraction of sp³-hybridized carbons (Fsp3) is 0.0833. The Morgan fingerprint density at radius 2 is 1.76 bits per heavy atom. The van der Waals surface area contributed by atoms with E-state index in [2.05, 4.69) is 15.0 Å². The number of aldehydes is 1. The molecular weight excluding hydrogens is 289 g/mol. The van der Waals surface area contributed by atoms with Crippen LogP contribution in [0.15, 0.2) is 24.7 Å². The first-order chi connectivity index (χ1) is 9.82. The molecule has 2 heterocycles. The lowest BCUT2D eigenvalue weighted by molar-refractivity contribution is -0.144. The second-order valence-corrected chi connectivity index (χ2v) is 3.94. The van der Waals surface area contributed by atoms with Crippen LogP contribution in [0.1, 0.15) is 26.5 Å². The van der Waals surface area contributed by atoms with Crippen LogP contribution in [-0.4, -0.2) is 27.1 Å². The number of halogens is 3. The highest BCUT2D eigenvalue weighted by Crippen LogP contribution is 2.27. The molecule has 9 heteroatoms. The Labute approximate surface area is 115 Å². The molecular formula is C12H7F3N4O2. The molecule has 2 N–H and O–H groups in total. The van der Waals surface area contributed by atoms with Crippen molar-refractivity contribution in [3.63, 3.8) is 0 Å². The van der Waals surface area contributed by atoms with Crippen molar-refractivity contribution < 1.29 is 22.8 Å². The number of amides is 1. The van der Waals surface area contributed by atoms with E-state index in [0.717, 1.165) is 18.6 Å². The van der Waals surface area contributed by atoms with E-state index in [0.29, 0.717) is 6.29 Å². The van der Waals surface area contributed by atoms with Crippen LogP contribution >= 0.6 is 0 Å². The summed E-state index contributed by atoms with van der Waals surface area (Å²) in [5, 5.41) is 0. The molecule has 0 aliphatic rings. The standard InChI is InChI=1S/C12H7F3N4O2/c13-12(14,15)11-18-3-8(4-19-11)9-7(5-20)1-6(2-17-9)10(16)21/h1-5H,(H2,16,21). The summed E-state index contributed by atoms with van der Waals surface area (Å²) < 4.78 is 37.1. The number of alkyl halides is 3. The third-order valence-electron chi connectivity index (χ3n) is 2.51. The summed E-state index contributed by atoms with van der Waals surface area (Å²) in [5.41, 5.74) is 5.22. The van der Waals surface area contributed by atoms with Crippen molar-refractivity contribution in [1.82, 2.24) is 15.0 Å². The zero-order valence-corrected chi connectivity index (χ0v) is 10.3. The fourth-order valence-electron chi connectivity index (χ4n) is 1.54. The van der Waals surface area contributed by atoms with Crippen molar-refractivity contribution in [2.24, 2.45) is 5.73 Å². The molecule has 0 aliphatic carbocycles. The zero-order valence-electron chi connectivity index (χ0n) is 10.3. The molecule has 0 saturated carbocycles. The number of carbonyl (C=O) groups excluding carboxylic acids is 2. The van der Waals surface area contributed by atoms with Gasteiger partial charge >= 0.3 is 6.18 Å². The Bertz CT molecular complexity index is 699. The molecule has 1 amide bonds. The lowest BCUT2D eigenvalue weighted by atomic mass is 10.1. The molecule has 0 aromatic carbocycles. The fourth-order valence-corrected chi connectivity index (χ4v) is 1.54. The molecule has 2 rings (SSSR count). The molecule has 2 aromatic heterocycles. The molecule has 0 bridgehead atoms. The maximum absolute atomic E-state index is 12.4. The quantitative estimate of drug-likeness (QED) is 0.865. The van der Waals surface area contributed by atoms with E-state index in [4.69, 9.17) is 5.73 Å². The largest absolute Gasteiger partial charge is 0.451 e. The van der Waals surface area contributed by atoms with Gasteiger partial charge in [-0.1, -0.05) is 0 Å². The average Bonchev–Trinajstić information content (AvgIpc) is 2.45. The number of pyridine rings is 1. The van der Waals surface area contributed by atoms with Gasteiger partial charge in [0.05, 0.1) is 11.3 Å². The smallest absolute Gasteiger partial charge is 0.366 e. The van der Waals surface area contributed by atoms with E-state index in [9.17, 15) is 22.8 Å². The number of carbonyl (C=O) groups is 2. The topological polar surface area (TPSA) is 98.8 Å². The zero-order chi connectivity index (χ0) is 15.6. The summed E-state index contributed by atoms with van der Waals surface area (Å²) >= 11 is 0. The number of hydrogen-bond donors (Lipinski definition) is 1. The minimum atomic E-state index is -4.66. The van der Waals surface area contributed by atoms with E-state index in [1.165, 1.54) is 6.07 Å². The Morgan fingerprint density at radius 1 is 1.14 bits per heavy atom. The summed E-state index contributed by atoms with van der Waals surface area (Å²) in [6.07, 6.45) is -1.34. The van der Waals surface area contributed by atoms with Gasteiger partial charge in [0.2, 0.25) is 11.7 Å². The first kappa shape index (κ1) is 14.6. The molecule has 0 saturated heterocycles. The molecule has 0 radical (unpaired) electrons. The molecule has 2 aromatic rings. The van der Waals surface area contributed by atoms with Crippen LogP contribution in [0.25, 0.3) is 11.3 Å². The van der Waals surface area contributed by atoms with Gasteiger partial charge in [-0.05, 0) is 6.07 Å². The van der Waals surface area contributed by atoms with Gasteiger partial charge in [-0.15, -0.1) is 0 Å². The van der Waals surface area contributed by atoms with E-state index in [-0.39, 0.29) is 22.4 Å². The number of nitrogens with two attached hydrogens (primary N) is 1. The Balaban J connectivity index is 2.47. The number of aromatic nitrogens is 3. The van der Waals surface area contributed by atoms with Crippen LogP contribution < -0.4 is 5.73 Å². The summed E-state index contributed by atoms with van der Waals surface area (Å²) in [4.78, 5) is 32.2. The third kappa shape index (κ3) is 3.02. The summed E-state index contributed by atoms with van der Waals surface area (Å²) in [5.74, 6) is -2.08. The van der Waals surface area contributed by atoms with Crippen molar-refractivity contribution >= 4 is 12.2 Å². The van der Waals surface area contributed by atoms with Crippen LogP contribution in [0.3, 0.4) is 0 Å². The molecule has 0 fully saturated rings. The van der Waals surface area contributed by atoms with E-state index >= 15 is 0 Å². The molecule has 21 heavy (non-hydrogen) atoms. The summed E-state index contributed by atoms with van der Waals surface area (Å²) in [6.45, 7) is 0. The van der Waals surface area contributed by atoms with Crippen LogP contribution in [0.2, 0.25) is 0 Å². The van der Waals surface area contributed by atoms with Gasteiger partial charge in [0, 0.05) is 29.7 Å². The van der Waals surface area contributed by atoms with Crippen molar-refractivity contribution in [2.45, 2.75) is 6.18 Å². The highest BCUT2D eigenvalue weighted by atomic mass is 19.4. The van der Waals surface area contributed by atoms with Crippen LogP contribution in [0.4, 0.5) is 13.2 Å². The number of primary amides is 1. The third-order valence-corrected chi connectivity index (χ3v) is 2.51. The highest BCUT2D eigenvalue weighted by Gasteiger charge is 2.34. The van der Waals surface area contributed by atoms with Gasteiger partial charge in [0.15, 0.2) is 6.29 Å². The van der Waals surface area contributed by atoms with E-state index in [1.807, 2.05) is 0 Å². The maximum atomic E-state index is 12.4. The second-order valence-electron chi connectivity index (χ2n) is 3.94. The normalized spacial score (nSPS) is 11.2. The molecule has 0 spiro atoms. The Morgan fingerprint density at radius 3 is 2.24 bits per heavy atom. The monoisotopic (exact) mass is 296 g/mol. The molecule has 6 nitrogen and oxygen atoms in total. The molecule has 0 unspecified atom stereocenters. The van der Waals surface area contributed by atoms with Crippen LogP contribution in [0.5, 0.6) is 0 Å². The van der Waals surface area contributed by atoms with Crippen LogP contribution in [-0.2, 0) is 6.18 Å². The van der Waals surface area contributed by atoms with Crippen molar-refractivity contribution in [1.29, 1.82) is 0 Å². The lowest BCUT2D eigenvalue weighted by Gasteiger charge is -2.07. The highest BCUT2D eigenvalue weighted by molar-refractivity contribution is 5.96. The Hall–Kier alpha value is -2.84. The minimum Gasteiger partial charge on any atom is -0.366 e. The number of hydrogen-bond acceptors (Lipinski definition) is 5. The number of rotatable bonds is 3.